The molecule has 4 heteroatoms. The number of hydrogen-bond acceptors (Lipinski definition) is 3. The summed E-state index contributed by atoms with van der Waals surface area (Å²) in [4.78, 5) is 11.6. The van der Waals surface area contributed by atoms with Crippen LogP contribution in [0.25, 0.3) is 0 Å². The maximum Gasteiger partial charge on any atom is 0.407 e. The van der Waals surface area contributed by atoms with Crippen LogP contribution in [0.1, 0.15) is 33.6 Å². The van der Waals surface area contributed by atoms with Crippen LogP contribution < -0.4 is 10.1 Å². The Morgan fingerprint density at radius 3 is 2.61 bits per heavy atom. The van der Waals surface area contributed by atoms with Crippen molar-refractivity contribution >= 4 is 6.09 Å². The fraction of sp³-hybridized carbons (Fsp3) is 0.421. The highest BCUT2D eigenvalue weighted by molar-refractivity contribution is 5.67. The molecule has 1 aromatic rings. The number of hydrogen-bond donors (Lipinski definition) is 1. The summed E-state index contributed by atoms with van der Waals surface area (Å²) in [5, 5.41) is 2.77. The van der Waals surface area contributed by atoms with Gasteiger partial charge in [0.05, 0.1) is 0 Å². The van der Waals surface area contributed by atoms with Crippen LogP contribution in [0.5, 0.6) is 5.75 Å². The van der Waals surface area contributed by atoms with E-state index in [2.05, 4.69) is 23.5 Å². The van der Waals surface area contributed by atoms with Gasteiger partial charge in [0.25, 0.3) is 0 Å². The third-order valence-electron chi connectivity index (χ3n) is 3.25. The number of ether oxygens (including phenoxy) is 2. The highest BCUT2D eigenvalue weighted by atomic mass is 16.6. The highest BCUT2D eigenvalue weighted by Gasteiger charge is 2.16. The van der Waals surface area contributed by atoms with Crippen molar-refractivity contribution in [2.45, 2.75) is 45.3 Å². The van der Waals surface area contributed by atoms with Crippen molar-refractivity contribution in [1.82, 2.24) is 5.32 Å². The van der Waals surface area contributed by atoms with Gasteiger partial charge in [0, 0.05) is 13.0 Å². The Bertz CT molecular complexity index is 570. The number of benzene rings is 1. The third-order valence-corrected chi connectivity index (χ3v) is 3.25. The van der Waals surface area contributed by atoms with Gasteiger partial charge < -0.3 is 14.8 Å². The van der Waals surface area contributed by atoms with Crippen molar-refractivity contribution in [2.24, 2.45) is 0 Å². The minimum Gasteiger partial charge on any atom is -0.486 e. The SMILES string of the molecule is CC(C)(C)OC(=O)NCCC1=CCC(Oc2ccccc2)C=C1. The van der Waals surface area contributed by atoms with Gasteiger partial charge in [-0.1, -0.05) is 35.9 Å². The zero-order valence-electron chi connectivity index (χ0n) is 14.0. The van der Waals surface area contributed by atoms with Crippen LogP contribution in [-0.4, -0.2) is 24.3 Å². The minimum atomic E-state index is -0.462. The van der Waals surface area contributed by atoms with Crippen LogP contribution in [0.3, 0.4) is 0 Å². The first-order valence-electron chi connectivity index (χ1n) is 7.98. The number of nitrogens with one attached hydrogen (secondary N) is 1. The molecule has 0 saturated heterocycles. The van der Waals surface area contributed by atoms with E-state index in [9.17, 15) is 4.79 Å². The van der Waals surface area contributed by atoms with E-state index < -0.39 is 5.60 Å². The Balaban J connectivity index is 1.69. The summed E-state index contributed by atoms with van der Waals surface area (Å²) in [6.07, 6.45) is 7.61. The van der Waals surface area contributed by atoms with Crippen LogP contribution in [0.2, 0.25) is 0 Å². The normalized spacial score (nSPS) is 17.3. The third kappa shape index (κ3) is 6.59. The first-order valence-corrected chi connectivity index (χ1v) is 7.98. The molecule has 1 atom stereocenters. The number of rotatable bonds is 5. The molecule has 0 saturated carbocycles. The van der Waals surface area contributed by atoms with Crippen molar-refractivity contribution < 1.29 is 14.3 Å². The highest BCUT2D eigenvalue weighted by Crippen LogP contribution is 2.19. The van der Waals surface area contributed by atoms with E-state index in [0.29, 0.717) is 6.54 Å². The molecule has 1 N–H and O–H groups in total. The molecule has 0 radical (unpaired) electrons. The van der Waals surface area contributed by atoms with Gasteiger partial charge in [-0.25, -0.2) is 4.79 Å². The van der Waals surface area contributed by atoms with Gasteiger partial charge in [-0.3, -0.25) is 0 Å². The van der Waals surface area contributed by atoms with Crippen molar-refractivity contribution in [2.75, 3.05) is 6.54 Å². The molecule has 0 aliphatic heterocycles. The number of carbonyl (C=O) groups excluding carboxylic acids is 1. The van der Waals surface area contributed by atoms with Gasteiger partial charge in [-0.05, 0) is 45.4 Å². The molecule has 1 aromatic carbocycles. The average Bonchev–Trinajstić information content (AvgIpc) is 2.48. The first kappa shape index (κ1) is 17.1. The molecule has 1 unspecified atom stereocenters. The molecule has 0 spiro atoms. The summed E-state index contributed by atoms with van der Waals surface area (Å²) in [7, 11) is 0. The lowest BCUT2D eigenvalue weighted by Crippen LogP contribution is -2.33. The zero-order valence-corrected chi connectivity index (χ0v) is 14.0. The van der Waals surface area contributed by atoms with Crippen molar-refractivity contribution in [3.8, 4) is 5.75 Å². The Labute approximate surface area is 138 Å². The molecule has 2 rings (SSSR count). The lowest BCUT2D eigenvalue weighted by Gasteiger charge is -2.20. The predicted molar refractivity (Wildman–Crippen MR) is 91.6 cm³/mol. The van der Waals surface area contributed by atoms with Crippen LogP contribution in [-0.2, 0) is 4.74 Å². The quantitative estimate of drug-likeness (QED) is 0.884. The van der Waals surface area contributed by atoms with Gasteiger partial charge in [0.15, 0.2) is 0 Å². The average molecular weight is 315 g/mol. The number of carbonyl (C=O) groups is 1. The largest absolute Gasteiger partial charge is 0.486 e. The summed E-state index contributed by atoms with van der Waals surface area (Å²) < 4.78 is 11.1. The van der Waals surface area contributed by atoms with Crippen LogP contribution >= 0.6 is 0 Å². The van der Waals surface area contributed by atoms with Crippen LogP contribution in [0, 0.1) is 0 Å². The first-order chi connectivity index (χ1) is 10.9. The summed E-state index contributed by atoms with van der Waals surface area (Å²) in [5.74, 6) is 0.880. The summed E-state index contributed by atoms with van der Waals surface area (Å²) in [6.45, 7) is 6.12. The number of allylic oxidation sites excluding steroid dienone is 1. The molecular formula is C19H25NO3. The summed E-state index contributed by atoms with van der Waals surface area (Å²) in [6, 6.07) is 9.81. The second-order valence-corrected chi connectivity index (χ2v) is 6.52. The van der Waals surface area contributed by atoms with Gasteiger partial charge >= 0.3 is 6.09 Å². The molecule has 1 amide bonds. The van der Waals surface area contributed by atoms with Crippen molar-refractivity contribution in [1.29, 1.82) is 0 Å². The Hall–Kier alpha value is -2.23. The Morgan fingerprint density at radius 2 is 2.00 bits per heavy atom. The molecule has 1 aliphatic rings. The summed E-state index contributed by atoms with van der Waals surface area (Å²) >= 11 is 0. The van der Waals surface area contributed by atoms with E-state index in [0.717, 1.165) is 18.6 Å². The molecular weight excluding hydrogens is 290 g/mol. The lowest BCUT2D eigenvalue weighted by atomic mass is 10.0. The molecule has 4 nitrogen and oxygen atoms in total. The van der Waals surface area contributed by atoms with Gasteiger partial charge in [0.2, 0.25) is 0 Å². The topological polar surface area (TPSA) is 47.6 Å². The van der Waals surface area contributed by atoms with E-state index in [4.69, 9.17) is 9.47 Å². The molecule has 0 bridgehead atoms. The van der Waals surface area contributed by atoms with Gasteiger partial charge in [0.1, 0.15) is 17.5 Å². The van der Waals surface area contributed by atoms with E-state index in [1.807, 2.05) is 51.1 Å². The molecule has 124 valence electrons. The van der Waals surface area contributed by atoms with Crippen LogP contribution in [0.4, 0.5) is 4.79 Å². The van der Waals surface area contributed by atoms with Crippen LogP contribution in [0.15, 0.2) is 54.1 Å². The predicted octanol–water partition coefficient (Wildman–Crippen LogP) is 4.24. The summed E-state index contributed by atoms with van der Waals surface area (Å²) in [5.41, 5.74) is 0.741. The zero-order chi connectivity index (χ0) is 16.7. The van der Waals surface area contributed by atoms with E-state index in [1.54, 1.807) is 0 Å². The Kier molecular flexibility index (Phi) is 5.85. The maximum atomic E-state index is 11.6. The molecule has 0 aromatic heterocycles. The number of para-hydroxylation sites is 1. The smallest absolute Gasteiger partial charge is 0.407 e. The standard InChI is InChI=1S/C19H25NO3/c1-19(2,3)23-18(21)20-14-13-15-9-11-17(12-10-15)22-16-7-5-4-6-8-16/h4-11,17H,12-14H2,1-3H3,(H,20,21). The minimum absolute atomic E-state index is 0.0694. The van der Waals surface area contributed by atoms with E-state index in [1.165, 1.54) is 5.57 Å². The van der Waals surface area contributed by atoms with Gasteiger partial charge in [-0.2, -0.15) is 0 Å². The van der Waals surface area contributed by atoms with Crippen molar-refractivity contribution in [3.05, 3.63) is 54.1 Å². The monoisotopic (exact) mass is 315 g/mol. The molecule has 0 fully saturated rings. The fourth-order valence-electron chi connectivity index (χ4n) is 2.21. The number of amides is 1. The molecule has 0 heterocycles. The number of alkyl carbamates (subject to hydrolysis) is 1. The maximum absolute atomic E-state index is 11.6. The lowest BCUT2D eigenvalue weighted by molar-refractivity contribution is 0.0528. The van der Waals surface area contributed by atoms with Crippen molar-refractivity contribution in [3.63, 3.8) is 0 Å². The van der Waals surface area contributed by atoms with E-state index in [-0.39, 0.29) is 12.2 Å². The van der Waals surface area contributed by atoms with Gasteiger partial charge in [-0.15, -0.1) is 0 Å². The molecule has 1 aliphatic carbocycles. The second kappa shape index (κ2) is 7.86. The Morgan fingerprint density at radius 1 is 1.26 bits per heavy atom. The fourth-order valence-corrected chi connectivity index (χ4v) is 2.21. The second-order valence-electron chi connectivity index (χ2n) is 6.52. The van der Waals surface area contributed by atoms with E-state index >= 15 is 0 Å². The molecule has 23 heavy (non-hydrogen) atoms.